The van der Waals surface area contributed by atoms with Crippen molar-refractivity contribution in [2.75, 3.05) is 12.2 Å². The second kappa shape index (κ2) is 3.81. The smallest absolute Gasteiger partial charge is 0.320 e. The van der Waals surface area contributed by atoms with E-state index in [0.29, 0.717) is 10.6 Å². The number of hydrogen-bond acceptors (Lipinski definition) is 5. The molecule has 0 aromatic heterocycles. The Labute approximate surface area is 91.2 Å². The van der Waals surface area contributed by atoms with Crippen LogP contribution >= 0.6 is 0 Å². The van der Waals surface area contributed by atoms with Crippen LogP contribution in [-0.2, 0) is 9.53 Å². The van der Waals surface area contributed by atoms with Crippen LogP contribution in [0.5, 0.6) is 5.75 Å². The summed E-state index contributed by atoms with van der Waals surface area (Å²) in [5.74, 6) is -0.479. The third-order valence-corrected chi connectivity index (χ3v) is 2.18. The van der Waals surface area contributed by atoms with E-state index in [1.807, 2.05) is 6.07 Å². The highest BCUT2D eigenvalue weighted by molar-refractivity contribution is 5.97. The molecule has 1 aliphatic rings. The quantitative estimate of drug-likeness (QED) is 0.702. The van der Waals surface area contributed by atoms with Crippen molar-refractivity contribution in [3.63, 3.8) is 0 Å². The van der Waals surface area contributed by atoms with Crippen LogP contribution in [0.25, 0.3) is 0 Å². The molecule has 1 N–H and O–H groups in total. The fourth-order valence-electron chi connectivity index (χ4n) is 1.39. The minimum absolute atomic E-state index is 0.192. The molecule has 0 bridgehead atoms. The highest BCUT2D eigenvalue weighted by atomic mass is 16.7. The van der Waals surface area contributed by atoms with Gasteiger partial charge in [0.25, 0.3) is 6.29 Å². The number of ether oxygens (including phenoxy) is 2. The first-order valence-corrected chi connectivity index (χ1v) is 4.44. The standard InChI is InChI=1S/C10H8N2O4/c1-15-10-9(13)12(14)7-3-2-6(5-11)4-8(7)16-10/h2-4,10,14H,1H3. The number of fused-ring (bicyclic) bond motifs is 1. The summed E-state index contributed by atoms with van der Waals surface area (Å²) in [5, 5.41) is 18.7. The normalized spacial score (nSPS) is 18.7. The zero-order chi connectivity index (χ0) is 11.7. The van der Waals surface area contributed by atoms with Gasteiger partial charge in [-0.25, -0.2) is 0 Å². The van der Waals surface area contributed by atoms with Gasteiger partial charge in [0.1, 0.15) is 5.69 Å². The molecule has 6 nitrogen and oxygen atoms in total. The Bertz CT molecular complexity index is 480. The third-order valence-electron chi connectivity index (χ3n) is 2.18. The molecule has 6 heteroatoms. The maximum absolute atomic E-state index is 11.4. The summed E-state index contributed by atoms with van der Waals surface area (Å²) in [6.07, 6.45) is -1.19. The van der Waals surface area contributed by atoms with E-state index >= 15 is 0 Å². The minimum Gasteiger partial charge on any atom is -0.453 e. The largest absolute Gasteiger partial charge is 0.453 e. The number of rotatable bonds is 1. The number of methoxy groups -OCH3 is 1. The van der Waals surface area contributed by atoms with E-state index in [4.69, 9.17) is 14.7 Å². The molecule has 1 aromatic rings. The fourth-order valence-corrected chi connectivity index (χ4v) is 1.39. The molecule has 1 aromatic carbocycles. The van der Waals surface area contributed by atoms with Gasteiger partial charge < -0.3 is 9.47 Å². The molecule has 0 fully saturated rings. The summed E-state index contributed by atoms with van der Waals surface area (Å²) in [6.45, 7) is 0. The molecule has 0 aliphatic carbocycles. The predicted octanol–water partition coefficient (Wildman–Crippen LogP) is 0.645. The molecule has 1 heterocycles. The maximum atomic E-state index is 11.4. The maximum Gasteiger partial charge on any atom is 0.320 e. The third kappa shape index (κ3) is 1.48. The van der Waals surface area contributed by atoms with Gasteiger partial charge in [-0.05, 0) is 12.1 Å². The lowest BCUT2D eigenvalue weighted by molar-refractivity contribution is -0.153. The number of anilines is 1. The summed E-state index contributed by atoms with van der Waals surface area (Å²) >= 11 is 0. The summed E-state index contributed by atoms with van der Waals surface area (Å²) in [5.41, 5.74) is 0.564. The van der Waals surface area contributed by atoms with Crippen LogP contribution in [0.15, 0.2) is 18.2 Å². The van der Waals surface area contributed by atoms with E-state index in [9.17, 15) is 10.0 Å². The summed E-state index contributed by atoms with van der Waals surface area (Å²) in [6, 6.07) is 6.26. The lowest BCUT2D eigenvalue weighted by Crippen LogP contribution is -2.45. The summed E-state index contributed by atoms with van der Waals surface area (Å²) in [7, 11) is 1.29. The van der Waals surface area contributed by atoms with E-state index in [1.165, 1.54) is 25.3 Å². The summed E-state index contributed by atoms with van der Waals surface area (Å²) in [4.78, 5) is 11.4. The van der Waals surface area contributed by atoms with Crippen LogP contribution in [0, 0.1) is 11.3 Å². The van der Waals surface area contributed by atoms with Crippen LogP contribution in [0.3, 0.4) is 0 Å². The van der Waals surface area contributed by atoms with Crippen LogP contribution in [0.1, 0.15) is 5.56 Å². The van der Waals surface area contributed by atoms with Gasteiger partial charge in [-0.2, -0.15) is 10.3 Å². The van der Waals surface area contributed by atoms with Crippen molar-refractivity contribution in [3.8, 4) is 11.8 Å². The number of hydroxylamine groups is 1. The average molecular weight is 220 g/mol. The van der Waals surface area contributed by atoms with E-state index in [2.05, 4.69) is 0 Å². The molecule has 1 unspecified atom stereocenters. The first kappa shape index (κ1) is 10.4. The molecule has 16 heavy (non-hydrogen) atoms. The molecule has 0 saturated heterocycles. The van der Waals surface area contributed by atoms with Crippen LogP contribution in [-0.4, -0.2) is 24.5 Å². The Kier molecular flexibility index (Phi) is 2.48. The van der Waals surface area contributed by atoms with Crippen LogP contribution < -0.4 is 9.80 Å². The van der Waals surface area contributed by atoms with Crippen molar-refractivity contribution in [2.24, 2.45) is 0 Å². The predicted molar refractivity (Wildman–Crippen MR) is 51.9 cm³/mol. The number of amides is 1. The molecule has 2 rings (SSSR count). The lowest BCUT2D eigenvalue weighted by Gasteiger charge is -2.28. The van der Waals surface area contributed by atoms with Crippen LogP contribution in [0.2, 0.25) is 0 Å². The van der Waals surface area contributed by atoms with Gasteiger partial charge in [-0.1, -0.05) is 0 Å². The molecule has 0 spiro atoms. The van der Waals surface area contributed by atoms with Gasteiger partial charge >= 0.3 is 5.91 Å². The van der Waals surface area contributed by atoms with E-state index in [-0.39, 0.29) is 11.4 Å². The van der Waals surface area contributed by atoms with Gasteiger partial charge in [-0.3, -0.25) is 10.0 Å². The molecular formula is C10H8N2O4. The topological polar surface area (TPSA) is 82.8 Å². The molecular weight excluding hydrogens is 212 g/mol. The first-order chi connectivity index (χ1) is 7.67. The molecule has 1 atom stereocenters. The summed E-state index contributed by atoms with van der Waals surface area (Å²) < 4.78 is 9.93. The Morgan fingerprint density at radius 2 is 2.38 bits per heavy atom. The molecule has 0 radical (unpaired) electrons. The number of benzene rings is 1. The van der Waals surface area contributed by atoms with Gasteiger partial charge in [0, 0.05) is 13.2 Å². The van der Waals surface area contributed by atoms with Gasteiger partial charge in [0.05, 0.1) is 11.6 Å². The monoisotopic (exact) mass is 220 g/mol. The van der Waals surface area contributed by atoms with Crippen LogP contribution in [0.4, 0.5) is 5.69 Å². The first-order valence-electron chi connectivity index (χ1n) is 4.44. The van der Waals surface area contributed by atoms with Crippen molar-refractivity contribution in [2.45, 2.75) is 6.29 Å². The second-order valence-corrected chi connectivity index (χ2v) is 3.13. The highest BCUT2D eigenvalue weighted by Gasteiger charge is 2.34. The number of carbonyl (C=O) groups is 1. The average Bonchev–Trinajstić information content (AvgIpc) is 2.33. The molecule has 0 saturated carbocycles. The Morgan fingerprint density at radius 1 is 1.62 bits per heavy atom. The minimum atomic E-state index is -1.19. The Hall–Kier alpha value is -2.10. The highest BCUT2D eigenvalue weighted by Crippen LogP contribution is 2.33. The zero-order valence-electron chi connectivity index (χ0n) is 8.38. The SMILES string of the molecule is COC1Oc2cc(C#N)ccc2N(O)C1=O. The lowest BCUT2D eigenvalue weighted by atomic mass is 10.2. The number of nitriles is 1. The van der Waals surface area contributed by atoms with Crippen molar-refractivity contribution < 1.29 is 19.5 Å². The van der Waals surface area contributed by atoms with Crippen molar-refractivity contribution in [3.05, 3.63) is 23.8 Å². The van der Waals surface area contributed by atoms with E-state index in [1.54, 1.807) is 0 Å². The Balaban J connectivity index is 2.47. The van der Waals surface area contributed by atoms with E-state index < -0.39 is 12.2 Å². The Morgan fingerprint density at radius 3 is 3.00 bits per heavy atom. The van der Waals surface area contributed by atoms with Gasteiger partial charge in [0.15, 0.2) is 5.75 Å². The van der Waals surface area contributed by atoms with E-state index in [0.717, 1.165) is 0 Å². The zero-order valence-corrected chi connectivity index (χ0v) is 8.38. The number of hydrogen-bond donors (Lipinski definition) is 1. The number of carbonyl (C=O) groups excluding carboxylic acids is 1. The van der Waals surface area contributed by atoms with Gasteiger partial charge in [0.2, 0.25) is 0 Å². The van der Waals surface area contributed by atoms with Crippen molar-refractivity contribution in [1.29, 1.82) is 5.26 Å². The molecule has 1 amide bonds. The number of nitrogens with zero attached hydrogens (tertiary/aromatic N) is 2. The fraction of sp³-hybridized carbons (Fsp3) is 0.200. The second-order valence-electron chi connectivity index (χ2n) is 3.13. The molecule has 82 valence electrons. The van der Waals surface area contributed by atoms with Gasteiger partial charge in [-0.15, -0.1) is 0 Å². The molecule has 1 aliphatic heterocycles. The van der Waals surface area contributed by atoms with Crippen molar-refractivity contribution >= 4 is 11.6 Å². The van der Waals surface area contributed by atoms with Crippen molar-refractivity contribution in [1.82, 2.24) is 0 Å².